The molecule has 0 radical (unpaired) electrons. The third-order valence-electron chi connectivity index (χ3n) is 5.21. The van der Waals surface area contributed by atoms with Gasteiger partial charge in [0, 0.05) is 37.4 Å². The summed E-state index contributed by atoms with van der Waals surface area (Å²) in [4.78, 5) is 20.9. The van der Waals surface area contributed by atoms with Crippen LogP contribution in [0.25, 0.3) is 10.8 Å². The first-order valence-electron chi connectivity index (χ1n) is 9.83. The summed E-state index contributed by atoms with van der Waals surface area (Å²) in [5.41, 5.74) is 0.399. The molecule has 6 heteroatoms. The molecule has 0 aliphatic heterocycles. The number of carbonyl (C=O) groups excluding carboxylic acids is 1. The van der Waals surface area contributed by atoms with E-state index in [0.29, 0.717) is 5.56 Å². The van der Waals surface area contributed by atoms with E-state index in [2.05, 4.69) is 9.97 Å². The average molecular weight is 420 g/mol. The van der Waals surface area contributed by atoms with Crippen molar-refractivity contribution in [2.75, 3.05) is 0 Å². The normalized spacial score (nSPS) is 12.6. The third-order valence-corrected chi connectivity index (χ3v) is 5.21. The lowest BCUT2D eigenvalue weighted by molar-refractivity contribution is -0.138. The van der Waals surface area contributed by atoms with Crippen LogP contribution in [0.3, 0.4) is 0 Å². The van der Waals surface area contributed by atoms with Crippen molar-refractivity contribution in [3.63, 3.8) is 0 Å². The molecular formula is C25H19F3N2O. The first-order valence-corrected chi connectivity index (χ1v) is 9.83. The quantitative estimate of drug-likeness (QED) is 0.385. The summed E-state index contributed by atoms with van der Waals surface area (Å²) in [7, 11) is 0. The number of fused-ring (bicyclic) bond motifs is 1. The largest absolute Gasteiger partial charge is 0.418 e. The van der Waals surface area contributed by atoms with Crippen molar-refractivity contribution in [3.05, 3.63) is 108 Å². The van der Waals surface area contributed by atoms with E-state index >= 15 is 0 Å². The smallest absolute Gasteiger partial charge is 0.299 e. The number of aromatic nitrogens is 2. The lowest BCUT2D eigenvalue weighted by atomic mass is 9.86. The van der Waals surface area contributed by atoms with E-state index < -0.39 is 17.7 Å². The number of hydrogen-bond acceptors (Lipinski definition) is 3. The Morgan fingerprint density at radius 3 is 2.42 bits per heavy atom. The maximum Gasteiger partial charge on any atom is 0.418 e. The van der Waals surface area contributed by atoms with E-state index in [9.17, 15) is 18.0 Å². The third kappa shape index (κ3) is 4.79. The summed E-state index contributed by atoms with van der Waals surface area (Å²) in [6.45, 7) is 0. The predicted octanol–water partition coefficient (Wildman–Crippen LogP) is 5.98. The van der Waals surface area contributed by atoms with E-state index in [4.69, 9.17) is 0 Å². The molecule has 0 spiro atoms. The molecule has 156 valence electrons. The second-order valence-corrected chi connectivity index (χ2v) is 7.37. The van der Waals surface area contributed by atoms with Gasteiger partial charge < -0.3 is 0 Å². The summed E-state index contributed by atoms with van der Waals surface area (Å²) in [5, 5.41) is 1.87. The molecule has 0 bridgehead atoms. The van der Waals surface area contributed by atoms with Crippen LogP contribution in [-0.2, 0) is 17.4 Å². The molecule has 0 unspecified atom stereocenters. The number of hydrogen-bond donors (Lipinski definition) is 0. The number of benzene rings is 2. The molecule has 0 amide bonds. The molecule has 0 aliphatic rings. The van der Waals surface area contributed by atoms with Crippen LogP contribution in [0, 0.1) is 0 Å². The minimum absolute atomic E-state index is 0.0900. The molecular weight excluding hydrogens is 401 g/mol. The van der Waals surface area contributed by atoms with Gasteiger partial charge in [-0.25, -0.2) is 0 Å². The Balaban J connectivity index is 1.76. The van der Waals surface area contributed by atoms with Crippen molar-refractivity contribution in [1.82, 2.24) is 9.97 Å². The van der Waals surface area contributed by atoms with E-state index in [1.54, 1.807) is 30.6 Å². The van der Waals surface area contributed by atoms with Crippen LogP contribution < -0.4 is 0 Å². The molecule has 0 saturated heterocycles. The number of nitrogens with zero attached hydrogens (tertiary/aromatic N) is 2. The van der Waals surface area contributed by atoms with Crippen LogP contribution in [-0.4, -0.2) is 15.8 Å². The van der Waals surface area contributed by atoms with Crippen LogP contribution in [0.5, 0.6) is 0 Å². The fourth-order valence-corrected chi connectivity index (χ4v) is 3.76. The molecule has 31 heavy (non-hydrogen) atoms. The average Bonchev–Trinajstić information content (AvgIpc) is 2.77. The van der Waals surface area contributed by atoms with Crippen molar-refractivity contribution >= 4 is 16.6 Å². The minimum atomic E-state index is -4.56. The summed E-state index contributed by atoms with van der Waals surface area (Å²) in [5.74, 6) is -0.989. The van der Waals surface area contributed by atoms with Crippen LogP contribution in [0.2, 0.25) is 0 Å². The van der Waals surface area contributed by atoms with Crippen LogP contribution in [0.1, 0.15) is 34.7 Å². The molecule has 3 nitrogen and oxygen atoms in total. The fourth-order valence-electron chi connectivity index (χ4n) is 3.76. The summed E-state index contributed by atoms with van der Waals surface area (Å²) in [6.07, 6.45) is -0.0189. The molecule has 0 saturated carbocycles. The number of pyridine rings is 2. The highest BCUT2D eigenvalue weighted by Gasteiger charge is 2.37. The van der Waals surface area contributed by atoms with Crippen molar-refractivity contribution < 1.29 is 18.0 Å². The summed E-state index contributed by atoms with van der Waals surface area (Å²) >= 11 is 0. The standard InChI is InChI=1S/C25H19F3N2O/c26-25(27,28)23-8-4-12-30-24(23)22(15-21(31)13-17-5-3-11-29-16-17)20-10-9-18-6-1-2-7-19(18)14-20/h1-12,14,16,22H,13,15H2/t22-/m0/s1. The molecule has 0 aliphatic carbocycles. The van der Waals surface area contributed by atoms with Crippen LogP contribution in [0.15, 0.2) is 85.3 Å². The predicted molar refractivity (Wildman–Crippen MR) is 113 cm³/mol. The molecule has 2 aromatic carbocycles. The molecule has 0 fully saturated rings. The van der Waals surface area contributed by atoms with E-state index in [-0.39, 0.29) is 24.3 Å². The number of rotatable bonds is 6. The highest BCUT2D eigenvalue weighted by Crippen LogP contribution is 2.38. The zero-order valence-corrected chi connectivity index (χ0v) is 16.5. The van der Waals surface area contributed by atoms with Gasteiger partial charge in [0.2, 0.25) is 0 Å². The molecule has 1 atom stereocenters. The zero-order valence-electron chi connectivity index (χ0n) is 16.5. The number of halogens is 3. The lowest BCUT2D eigenvalue weighted by Gasteiger charge is -2.21. The monoisotopic (exact) mass is 420 g/mol. The van der Waals surface area contributed by atoms with Crippen molar-refractivity contribution in [2.24, 2.45) is 0 Å². The first kappa shape index (κ1) is 20.7. The summed E-state index contributed by atoms with van der Waals surface area (Å²) in [6, 6.07) is 18.9. The van der Waals surface area contributed by atoms with Crippen LogP contribution in [0.4, 0.5) is 13.2 Å². The lowest BCUT2D eigenvalue weighted by Crippen LogP contribution is -2.18. The topological polar surface area (TPSA) is 42.9 Å². The van der Waals surface area contributed by atoms with Gasteiger partial charge in [-0.15, -0.1) is 0 Å². The Morgan fingerprint density at radius 2 is 1.68 bits per heavy atom. The van der Waals surface area contributed by atoms with E-state index in [1.807, 2.05) is 36.4 Å². The Hall–Kier alpha value is -3.54. The maximum atomic E-state index is 13.7. The first-order chi connectivity index (χ1) is 14.9. The van der Waals surface area contributed by atoms with Gasteiger partial charge in [0.15, 0.2) is 0 Å². The van der Waals surface area contributed by atoms with Gasteiger partial charge in [0.05, 0.1) is 11.3 Å². The molecule has 0 N–H and O–H groups in total. The number of ketones is 1. The van der Waals surface area contributed by atoms with Crippen molar-refractivity contribution in [1.29, 1.82) is 0 Å². The second-order valence-electron chi connectivity index (χ2n) is 7.37. The molecule has 2 heterocycles. The van der Waals surface area contributed by atoms with E-state index in [0.717, 1.165) is 22.4 Å². The highest BCUT2D eigenvalue weighted by molar-refractivity contribution is 5.85. The fraction of sp³-hybridized carbons (Fsp3) is 0.160. The van der Waals surface area contributed by atoms with Crippen molar-refractivity contribution in [2.45, 2.75) is 24.9 Å². The summed E-state index contributed by atoms with van der Waals surface area (Å²) < 4.78 is 41.2. The van der Waals surface area contributed by atoms with Gasteiger partial charge in [-0.2, -0.15) is 13.2 Å². The van der Waals surface area contributed by atoms with Gasteiger partial charge in [-0.05, 0) is 40.1 Å². The SMILES string of the molecule is O=C(Cc1cccnc1)C[C@@H](c1ccc2ccccc2c1)c1ncccc1C(F)(F)F. The Bertz CT molecular complexity index is 1210. The zero-order chi connectivity index (χ0) is 21.8. The van der Waals surface area contributed by atoms with Gasteiger partial charge in [0.1, 0.15) is 5.78 Å². The molecule has 4 aromatic rings. The molecule has 4 rings (SSSR count). The highest BCUT2D eigenvalue weighted by atomic mass is 19.4. The van der Waals surface area contributed by atoms with E-state index in [1.165, 1.54) is 12.3 Å². The Kier molecular flexibility index (Phi) is 5.80. The van der Waals surface area contributed by atoms with Crippen molar-refractivity contribution in [3.8, 4) is 0 Å². The van der Waals surface area contributed by atoms with Crippen LogP contribution >= 0.6 is 0 Å². The van der Waals surface area contributed by atoms with Gasteiger partial charge >= 0.3 is 6.18 Å². The van der Waals surface area contributed by atoms with Gasteiger partial charge in [-0.3, -0.25) is 14.8 Å². The Labute approximate surface area is 177 Å². The number of Topliss-reactive ketones (excluding diaryl/α,β-unsaturated/α-hetero) is 1. The number of alkyl halides is 3. The van der Waals surface area contributed by atoms with Gasteiger partial charge in [0.25, 0.3) is 0 Å². The minimum Gasteiger partial charge on any atom is -0.299 e. The number of carbonyl (C=O) groups is 1. The van der Waals surface area contributed by atoms with Gasteiger partial charge in [-0.1, -0.05) is 48.5 Å². The molecule has 2 aromatic heterocycles. The maximum absolute atomic E-state index is 13.7. The second kappa shape index (κ2) is 8.68. The Morgan fingerprint density at radius 1 is 0.903 bits per heavy atom.